The highest BCUT2D eigenvalue weighted by molar-refractivity contribution is 6.30. The summed E-state index contributed by atoms with van der Waals surface area (Å²) in [5, 5.41) is 8.07. The molecule has 1 N–H and O–H groups in total. The summed E-state index contributed by atoms with van der Waals surface area (Å²) in [5.41, 5.74) is 2.36. The van der Waals surface area contributed by atoms with Gasteiger partial charge in [0, 0.05) is 29.7 Å². The number of nitrogens with one attached hydrogen (secondary N) is 1. The Labute approximate surface area is 233 Å². The standard InChI is InChI=1S/C29H33ClN4O5/c1-5-38-27(36)20-6-10-22(11-7-20)32-26(35)24-18-31-34(23-12-8-21(30)9-13-23)25(24)19-14-16-33(17-15-19)28(37)39-29(2,3)4/h6-13,18-19H,5,14-17H2,1-4H3,(H,32,35). The van der Waals surface area contributed by atoms with Gasteiger partial charge in [-0.2, -0.15) is 5.10 Å². The maximum atomic E-state index is 13.5. The number of hydrogen-bond acceptors (Lipinski definition) is 6. The van der Waals surface area contributed by atoms with Gasteiger partial charge in [0.1, 0.15) is 5.60 Å². The molecule has 0 saturated carbocycles. The monoisotopic (exact) mass is 552 g/mol. The SMILES string of the molecule is CCOC(=O)c1ccc(NC(=O)c2cnn(-c3ccc(Cl)cc3)c2C2CCN(C(=O)OC(C)(C)C)CC2)cc1. The zero-order valence-corrected chi connectivity index (χ0v) is 23.3. The second kappa shape index (κ2) is 11.9. The summed E-state index contributed by atoms with van der Waals surface area (Å²) >= 11 is 6.10. The van der Waals surface area contributed by atoms with E-state index in [1.807, 2.05) is 32.9 Å². The van der Waals surface area contributed by atoms with Gasteiger partial charge in [-0.25, -0.2) is 14.3 Å². The number of esters is 1. The van der Waals surface area contributed by atoms with Crippen LogP contribution in [-0.2, 0) is 9.47 Å². The van der Waals surface area contributed by atoms with Crippen LogP contribution in [0, 0.1) is 0 Å². The van der Waals surface area contributed by atoms with Gasteiger partial charge >= 0.3 is 12.1 Å². The van der Waals surface area contributed by atoms with Crippen molar-refractivity contribution < 1.29 is 23.9 Å². The van der Waals surface area contributed by atoms with E-state index in [4.69, 9.17) is 21.1 Å². The number of carbonyl (C=O) groups excluding carboxylic acids is 3. The normalized spacial score (nSPS) is 14.1. The number of hydrogen-bond donors (Lipinski definition) is 1. The van der Waals surface area contributed by atoms with Crippen LogP contribution in [0.25, 0.3) is 5.69 Å². The van der Waals surface area contributed by atoms with E-state index in [1.54, 1.807) is 59.1 Å². The van der Waals surface area contributed by atoms with Crippen molar-refractivity contribution in [2.24, 2.45) is 0 Å². The van der Waals surface area contributed by atoms with Crippen molar-refractivity contribution in [2.75, 3.05) is 25.0 Å². The molecule has 0 radical (unpaired) electrons. The minimum absolute atomic E-state index is 0.0196. The predicted octanol–water partition coefficient (Wildman–Crippen LogP) is 6.07. The zero-order valence-electron chi connectivity index (χ0n) is 22.6. The number of aromatic nitrogens is 2. The molecular formula is C29H33ClN4O5. The average molecular weight is 553 g/mol. The molecule has 2 aromatic carbocycles. The Kier molecular flexibility index (Phi) is 8.60. The molecule has 39 heavy (non-hydrogen) atoms. The highest BCUT2D eigenvalue weighted by Crippen LogP contribution is 2.33. The van der Waals surface area contributed by atoms with Crippen LogP contribution in [0.3, 0.4) is 0 Å². The number of piperidine rings is 1. The Bertz CT molecular complexity index is 1320. The highest BCUT2D eigenvalue weighted by atomic mass is 35.5. The van der Waals surface area contributed by atoms with Gasteiger partial charge in [0.2, 0.25) is 0 Å². The quantitative estimate of drug-likeness (QED) is 0.372. The molecule has 0 aliphatic carbocycles. The van der Waals surface area contributed by atoms with E-state index < -0.39 is 11.6 Å². The largest absolute Gasteiger partial charge is 0.462 e. The van der Waals surface area contributed by atoms with Crippen LogP contribution in [0.1, 0.15) is 72.9 Å². The van der Waals surface area contributed by atoms with Gasteiger partial charge in [-0.15, -0.1) is 0 Å². The van der Waals surface area contributed by atoms with Crippen molar-refractivity contribution in [1.29, 1.82) is 0 Å². The van der Waals surface area contributed by atoms with Gasteiger partial charge in [-0.05, 0) is 89.1 Å². The first-order chi connectivity index (χ1) is 18.6. The molecule has 0 atom stereocenters. The first kappa shape index (κ1) is 28.2. The second-order valence-electron chi connectivity index (χ2n) is 10.3. The minimum Gasteiger partial charge on any atom is -0.462 e. The van der Waals surface area contributed by atoms with Crippen LogP contribution in [0.15, 0.2) is 54.7 Å². The number of halogens is 1. The van der Waals surface area contributed by atoms with E-state index in [0.717, 1.165) is 11.4 Å². The Morgan fingerprint density at radius 2 is 1.67 bits per heavy atom. The molecule has 2 heterocycles. The lowest BCUT2D eigenvalue weighted by Gasteiger charge is -2.34. The van der Waals surface area contributed by atoms with Gasteiger partial charge in [-0.3, -0.25) is 4.79 Å². The fraction of sp³-hybridized carbons (Fsp3) is 0.379. The molecular weight excluding hydrogens is 520 g/mol. The Balaban J connectivity index is 1.57. The van der Waals surface area contributed by atoms with Gasteiger partial charge in [-0.1, -0.05) is 11.6 Å². The first-order valence-corrected chi connectivity index (χ1v) is 13.3. The second-order valence-corrected chi connectivity index (χ2v) is 10.8. The molecule has 206 valence electrons. The van der Waals surface area contributed by atoms with Crippen molar-refractivity contribution in [1.82, 2.24) is 14.7 Å². The number of rotatable bonds is 6. The molecule has 9 nitrogen and oxygen atoms in total. The molecule has 1 aliphatic heterocycles. The summed E-state index contributed by atoms with van der Waals surface area (Å²) < 4.78 is 12.3. The average Bonchev–Trinajstić information content (AvgIpc) is 3.34. The molecule has 0 spiro atoms. The first-order valence-electron chi connectivity index (χ1n) is 13.0. The Hall–Kier alpha value is -3.85. The number of carbonyl (C=O) groups is 3. The molecule has 1 aromatic heterocycles. The summed E-state index contributed by atoms with van der Waals surface area (Å²) in [6.07, 6.45) is 2.52. The maximum Gasteiger partial charge on any atom is 0.410 e. The van der Waals surface area contributed by atoms with E-state index in [1.165, 1.54) is 0 Å². The molecule has 1 saturated heterocycles. The van der Waals surface area contributed by atoms with Gasteiger partial charge in [0.05, 0.1) is 35.3 Å². The van der Waals surface area contributed by atoms with Crippen LogP contribution >= 0.6 is 11.6 Å². The maximum absolute atomic E-state index is 13.5. The molecule has 0 bridgehead atoms. The molecule has 1 fully saturated rings. The number of benzene rings is 2. The summed E-state index contributed by atoms with van der Waals surface area (Å²) in [6.45, 7) is 8.57. The lowest BCUT2D eigenvalue weighted by Crippen LogP contribution is -2.41. The third-order valence-electron chi connectivity index (χ3n) is 6.31. The highest BCUT2D eigenvalue weighted by Gasteiger charge is 2.32. The van der Waals surface area contributed by atoms with Crippen LogP contribution in [0.4, 0.5) is 10.5 Å². The zero-order chi connectivity index (χ0) is 28.2. The number of ether oxygens (including phenoxy) is 2. The van der Waals surface area contributed by atoms with E-state index in [2.05, 4.69) is 10.4 Å². The molecule has 3 aromatic rings. The number of likely N-dealkylation sites (tertiary alicyclic amines) is 1. The van der Waals surface area contributed by atoms with E-state index in [9.17, 15) is 14.4 Å². The van der Waals surface area contributed by atoms with Crippen LogP contribution in [-0.4, -0.2) is 57.9 Å². The minimum atomic E-state index is -0.569. The summed E-state index contributed by atoms with van der Waals surface area (Å²) in [6, 6.07) is 13.8. The summed E-state index contributed by atoms with van der Waals surface area (Å²) in [5.74, 6) is -0.753. The molecule has 0 unspecified atom stereocenters. The summed E-state index contributed by atoms with van der Waals surface area (Å²) in [4.78, 5) is 39.7. The number of anilines is 1. The third-order valence-corrected chi connectivity index (χ3v) is 6.56. The molecule has 2 amide bonds. The van der Waals surface area contributed by atoms with Crippen LogP contribution in [0.2, 0.25) is 5.02 Å². The Morgan fingerprint density at radius 1 is 1.03 bits per heavy atom. The van der Waals surface area contributed by atoms with Crippen molar-refractivity contribution in [3.05, 3.63) is 76.6 Å². The van der Waals surface area contributed by atoms with Crippen LogP contribution < -0.4 is 5.32 Å². The van der Waals surface area contributed by atoms with Crippen molar-refractivity contribution >= 4 is 35.3 Å². The van der Waals surface area contributed by atoms with Crippen molar-refractivity contribution in [3.63, 3.8) is 0 Å². The molecule has 1 aliphatic rings. The summed E-state index contributed by atoms with van der Waals surface area (Å²) in [7, 11) is 0. The third kappa shape index (κ3) is 6.97. The fourth-order valence-corrected chi connectivity index (χ4v) is 4.60. The molecule has 10 heteroatoms. The fourth-order valence-electron chi connectivity index (χ4n) is 4.48. The predicted molar refractivity (Wildman–Crippen MR) is 149 cm³/mol. The van der Waals surface area contributed by atoms with Gasteiger partial charge in [0.25, 0.3) is 5.91 Å². The van der Waals surface area contributed by atoms with Crippen molar-refractivity contribution in [3.8, 4) is 5.69 Å². The van der Waals surface area contributed by atoms with E-state index in [-0.39, 0.29) is 24.5 Å². The molecule has 4 rings (SSSR count). The van der Waals surface area contributed by atoms with Crippen LogP contribution in [0.5, 0.6) is 0 Å². The van der Waals surface area contributed by atoms with Gasteiger partial charge < -0.3 is 19.7 Å². The smallest absolute Gasteiger partial charge is 0.410 e. The number of amides is 2. The topological polar surface area (TPSA) is 103 Å². The number of nitrogens with zero attached hydrogens (tertiary/aromatic N) is 3. The lowest BCUT2D eigenvalue weighted by molar-refractivity contribution is 0.0203. The van der Waals surface area contributed by atoms with E-state index >= 15 is 0 Å². The van der Waals surface area contributed by atoms with Crippen molar-refractivity contribution in [2.45, 2.75) is 52.1 Å². The van der Waals surface area contributed by atoms with E-state index in [0.29, 0.717) is 47.8 Å². The Morgan fingerprint density at radius 3 is 2.26 bits per heavy atom. The van der Waals surface area contributed by atoms with Gasteiger partial charge in [0.15, 0.2) is 0 Å². The lowest BCUT2D eigenvalue weighted by atomic mass is 9.90.